The molecule has 574 valence electrons. The average molecular weight is 1560 g/mol. The third-order valence-electron chi connectivity index (χ3n) is 18.0. The normalized spacial score (nSPS) is 15.7. The van der Waals surface area contributed by atoms with E-state index in [-0.39, 0.29) is 27.6 Å². The molecule has 4 aliphatic carbocycles. The molecule has 11 aromatic rings. The lowest BCUT2D eigenvalue weighted by molar-refractivity contribution is -0.142. The molecular formula is C76H94N22O7S4. The first-order chi connectivity index (χ1) is 52.6. The maximum absolute atomic E-state index is 12.6. The number of aliphatic hydroxyl groups is 2. The molecule has 11 aromatic heterocycles. The van der Waals surface area contributed by atoms with E-state index >= 15 is 0 Å². The number of terminal acetylenes is 4. The van der Waals surface area contributed by atoms with Gasteiger partial charge in [-0.1, -0.05) is 51.4 Å². The molecule has 1 amide bonds. The summed E-state index contributed by atoms with van der Waals surface area (Å²) in [4.78, 5) is 65.5. The summed E-state index contributed by atoms with van der Waals surface area (Å²) >= 11 is 3.91. The van der Waals surface area contributed by atoms with Gasteiger partial charge in [-0.25, -0.2) is 52.8 Å². The van der Waals surface area contributed by atoms with Crippen molar-refractivity contribution in [1.82, 2.24) is 85.4 Å². The van der Waals surface area contributed by atoms with Crippen molar-refractivity contribution in [2.75, 3.05) is 39.8 Å². The van der Waals surface area contributed by atoms with Crippen LogP contribution in [-0.4, -0.2) is 131 Å². The topological polar surface area (TPSA) is 399 Å². The fraction of sp³-hybridized carbons (Fsp3) is 0.342. The Morgan fingerprint density at radius 2 is 0.954 bits per heavy atom. The van der Waals surface area contributed by atoms with E-state index in [4.69, 9.17) is 30.4 Å². The van der Waals surface area contributed by atoms with Gasteiger partial charge in [0, 0.05) is 122 Å². The van der Waals surface area contributed by atoms with Crippen LogP contribution in [0, 0.1) is 54.8 Å². The molecule has 1 saturated heterocycles. The van der Waals surface area contributed by atoms with E-state index in [9.17, 15) is 28.2 Å². The molecule has 5 fully saturated rings. The first kappa shape index (κ1) is 75.5. The predicted molar refractivity (Wildman–Crippen MR) is 435 cm³/mol. The number of sulfonamides is 1. The second kappa shape index (κ2) is 32.8. The van der Waals surface area contributed by atoms with Gasteiger partial charge < -0.3 is 41.1 Å². The standard InChI is InChI=1S/C21H22N6O3S2.C19H19N5OS.C18H20N6O2.C18H17N5OS.8H2/c1-5-12-11-22-19(24-18(12)23-16-10-14(25-26-16)13-6-7-13)15-8-9-17(31-15)32(29,30)27-20(28)21(2,3)4;1-3-11-10-20-19(16-8-7-15(26-16)14(25)4-2)22-18(11)21-17-9-13(23-24-17)12-5-6-12;1-3-11-10-19-18(24-8-4-5-14(24)17(25)26-2)21-16(11)20-15-9-13(22-23-15)12-6-7-12;1-3-11-9-19-18(15-7-6-14(25-15)10(2)24)21-17(11)20-16-8-13(22-23-16)12-4-5-12;;;;;;;;/h1,8-11,13H,6-7H2,2-4H3,(H,27,28)(H2,22,23,24,25,26);1,7-10,12,14,25H,4-6H2,2H3,(H2,20,21,22,23,24);1,9-10,12,14H,4-8H2,2H3,(H2,19,20,21,22,23);1,6-10,12,24H,4-5H2,2H3,(H2,19,20,21,22,23);8*1H/t;14-;;10-;;;;;;;;/m.0.0......../s1. The fourth-order valence-corrected chi connectivity index (χ4v) is 15.5. The second-order valence-corrected chi connectivity index (χ2v) is 32.7. The number of hydrogen-bond acceptors (Lipinski definition) is 27. The van der Waals surface area contributed by atoms with Crippen LogP contribution in [0.1, 0.15) is 207 Å². The lowest BCUT2D eigenvalue weighted by Gasteiger charge is -2.23. The monoisotopic (exact) mass is 1550 g/mol. The summed E-state index contributed by atoms with van der Waals surface area (Å²) < 4.78 is 32.2. The minimum Gasteiger partial charge on any atom is -0.467 e. The van der Waals surface area contributed by atoms with Gasteiger partial charge in [0.2, 0.25) is 11.9 Å². The highest BCUT2D eigenvalue weighted by atomic mass is 32.2. The second-order valence-electron chi connectivity index (χ2n) is 27.5. The van der Waals surface area contributed by atoms with Crippen LogP contribution >= 0.6 is 34.0 Å². The molecule has 1 aliphatic heterocycles. The average Bonchev–Trinajstić information content (AvgIpc) is 1.58. The third-order valence-corrected chi connectivity index (χ3v) is 23.3. The van der Waals surface area contributed by atoms with Gasteiger partial charge in [0.15, 0.2) is 64.0 Å². The molecule has 109 heavy (non-hydrogen) atoms. The Morgan fingerprint density at radius 3 is 1.32 bits per heavy atom. The summed E-state index contributed by atoms with van der Waals surface area (Å²) in [5.74, 6) is 18.3. The number of hydrogen-bond donors (Lipinski definition) is 11. The van der Waals surface area contributed by atoms with E-state index in [2.05, 4.69) is 130 Å². The third kappa shape index (κ3) is 18.7. The van der Waals surface area contributed by atoms with E-state index in [1.165, 1.54) is 80.6 Å². The Labute approximate surface area is 653 Å². The Bertz CT molecular complexity index is 5470. The lowest BCUT2D eigenvalue weighted by atomic mass is 9.96. The highest BCUT2D eigenvalue weighted by Crippen LogP contribution is 2.44. The number of anilines is 9. The Balaban J connectivity index is 0.000000273. The number of thiophene rings is 3. The number of carbonyl (C=O) groups excluding carboxylic acids is 2. The van der Waals surface area contributed by atoms with Crippen LogP contribution in [0.15, 0.2) is 89.7 Å². The molecule has 33 heteroatoms. The molecule has 3 atom stereocenters. The van der Waals surface area contributed by atoms with Gasteiger partial charge >= 0.3 is 5.97 Å². The molecule has 11 N–H and O–H groups in total. The van der Waals surface area contributed by atoms with Gasteiger partial charge in [-0.2, -0.15) is 25.4 Å². The zero-order chi connectivity index (χ0) is 76.7. The predicted octanol–water partition coefficient (Wildman–Crippen LogP) is 14.9. The molecule has 0 aromatic carbocycles. The summed E-state index contributed by atoms with van der Waals surface area (Å²) in [6, 6.07) is 18.2. The van der Waals surface area contributed by atoms with Crippen LogP contribution in [0.5, 0.6) is 0 Å². The molecule has 12 heterocycles. The molecule has 4 saturated carbocycles. The van der Waals surface area contributed by atoms with Crippen molar-refractivity contribution >= 4 is 108 Å². The number of nitrogens with zero attached hydrogens (tertiary/aromatic N) is 13. The number of carbonyl (C=O) groups is 2. The summed E-state index contributed by atoms with van der Waals surface area (Å²) in [5, 5.41) is 61.6. The Hall–Kier alpha value is -11.7. The van der Waals surface area contributed by atoms with Crippen molar-refractivity contribution in [1.29, 1.82) is 0 Å². The maximum atomic E-state index is 12.6. The first-order valence-electron chi connectivity index (χ1n) is 35.3. The van der Waals surface area contributed by atoms with E-state index in [1.54, 1.807) is 52.4 Å². The lowest BCUT2D eigenvalue weighted by Crippen LogP contribution is -2.38. The van der Waals surface area contributed by atoms with E-state index in [0.717, 1.165) is 79.3 Å². The number of esters is 1. The van der Waals surface area contributed by atoms with Crippen molar-refractivity contribution in [2.45, 2.75) is 151 Å². The zero-order valence-electron chi connectivity index (χ0n) is 60.3. The van der Waals surface area contributed by atoms with Gasteiger partial charge in [0.25, 0.3) is 10.0 Å². The number of nitrogens with one attached hydrogen (secondary N) is 9. The van der Waals surface area contributed by atoms with E-state index in [0.29, 0.717) is 134 Å². The number of H-pyrrole nitrogens is 4. The van der Waals surface area contributed by atoms with Crippen molar-refractivity contribution in [3.63, 3.8) is 0 Å². The van der Waals surface area contributed by atoms with Crippen LogP contribution < -0.4 is 30.9 Å². The molecule has 1 unspecified atom stereocenters. The number of amides is 1. The Kier molecular flexibility index (Phi) is 22.7. The molecule has 0 radical (unpaired) electrons. The number of rotatable bonds is 22. The van der Waals surface area contributed by atoms with Gasteiger partial charge in [-0.05, 0) is 114 Å². The fourth-order valence-electron chi connectivity index (χ4n) is 11.2. The number of aromatic amines is 4. The van der Waals surface area contributed by atoms with Crippen LogP contribution in [-0.2, 0) is 24.3 Å². The minimum atomic E-state index is -4.00. The van der Waals surface area contributed by atoms with Crippen LogP contribution in [0.3, 0.4) is 0 Å². The quantitative estimate of drug-likeness (QED) is 0.0222. The van der Waals surface area contributed by atoms with Crippen LogP contribution in [0.25, 0.3) is 32.1 Å². The van der Waals surface area contributed by atoms with Gasteiger partial charge in [0.05, 0.1) is 62.4 Å². The minimum absolute atomic E-state index is 0. The van der Waals surface area contributed by atoms with Crippen molar-refractivity contribution in [2.24, 2.45) is 5.41 Å². The Morgan fingerprint density at radius 1 is 0.578 bits per heavy atom. The molecule has 0 spiro atoms. The van der Waals surface area contributed by atoms with Gasteiger partial charge in [0.1, 0.15) is 10.3 Å². The largest absolute Gasteiger partial charge is 0.467 e. The summed E-state index contributed by atoms with van der Waals surface area (Å²) in [5.41, 5.74) is 5.77. The maximum Gasteiger partial charge on any atom is 0.328 e. The van der Waals surface area contributed by atoms with Crippen molar-refractivity contribution < 1.29 is 44.4 Å². The number of ether oxygens (including phenoxy) is 1. The molecule has 5 aliphatic rings. The smallest absolute Gasteiger partial charge is 0.328 e. The molecule has 16 rings (SSSR count). The summed E-state index contributed by atoms with van der Waals surface area (Å²) in [6.07, 6.45) is 39.5. The van der Waals surface area contributed by atoms with E-state index < -0.39 is 33.6 Å². The summed E-state index contributed by atoms with van der Waals surface area (Å²) in [7, 11) is -2.61. The molecule has 0 bridgehead atoms. The molecular weight excluding hydrogens is 1460 g/mol. The van der Waals surface area contributed by atoms with Gasteiger partial charge in [-0.3, -0.25) is 25.2 Å². The zero-order valence-corrected chi connectivity index (χ0v) is 63.6. The SMILES string of the molecule is C#Cc1cnc(-c2ccc(S(=O)(=O)NC(=O)C(C)(C)C)s2)nc1Nc1cc(C2CC2)[nH]n1.C#Cc1cnc(-c2ccc([C@@H](O)CC)s2)nc1Nc1cc(C2CC2)[nH]n1.C#Cc1cnc(-c2ccc([C@H](C)O)s2)nc1Nc1cc(C2CC2)[nH]n1.C#Cc1cnc(N2CCCC2C(=O)OC)nc1Nc1cc(C2CC2)[nH]n1.[HH].[HH].[HH].[HH].[HH].[HH].[HH].[HH]. The van der Waals surface area contributed by atoms with Crippen molar-refractivity contribution in [3.05, 3.63) is 140 Å². The summed E-state index contributed by atoms with van der Waals surface area (Å²) in [6.45, 7) is 9.30. The number of aromatic nitrogens is 16. The van der Waals surface area contributed by atoms with E-state index in [1.807, 2.05) is 60.4 Å². The van der Waals surface area contributed by atoms with Crippen LogP contribution in [0.2, 0.25) is 0 Å². The van der Waals surface area contributed by atoms with Crippen LogP contribution in [0.4, 0.5) is 52.5 Å². The first-order valence-corrected chi connectivity index (χ1v) is 39.2. The highest BCUT2D eigenvalue weighted by molar-refractivity contribution is 7.92. The number of aliphatic hydroxyl groups excluding tert-OH is 2. The number of methoxy groups -OCH3 is 1. The van der Waals surface area contributed by atoms with Gasteiger partial charge in [-0.15, -0.1) is 59.7 Å². The van der Waals surface area contributed by atoms with Crippen molar-refractivity contribution in [3.8, 4) is 81.5 Å². The molecule has 29 nitrogen and oxygen atoms in total. The highest BCUT2D eigenvalue weighted by Gasteiger charge is 2.35.